The molecule has 2 bridgehead atoms. The summed E-state index contributed by atoms with van der Waals surface area (Å²) < 4.78 is 0. The number of aromatic amines is 1. The predicted octanol–water partition coefficient (Wildman–Crippen LogP) is 3.25. The number of carbonyl (C=O) groups is 1. The van der Waals surface area contributed by atoms with Crippen molar-refractivity contribution in [2.24, 2.45) is 11.8 Å². The average Bonchev–Trinajstić information content (AvgIpc) is 3.14. The number of urea groups is 1. The van der Waals surface area contributed by atoms with E-state index in [9.17, 15) is 4.79 Å². The maximum absolute atomic E-state index is 12.2. The third-order valence-electron chi connectivity index (χ3n) is 4.43. The Kier molecular flexibility index (Phi) is 2.55. The van der Waals surface area contributed by atoms with Crippen LogP contribution in [-0.2, 0) is 0 Å². The fraction of sp³-hybridized carbons (Fsp3) is 0.312. The number of allylic oxidation sites excluding steroid dienone is 1. The second-order valence-electron chi connectivity index (χ2n) is 5.73. The van der Waals surface area contributed by atoms with Gasteiger partial charge in [0.05, 0.1) is 11.2 Å². The van der Waals surface area contributed by atoms with E-state index < -0.39 is 0 Å². The Labute approximate surface area is 117 Å². The zero-order valence-corrected chi connectivity index (χ0v) is 11.1. The van der Waals surface area contributed by atoms with Gasteiger partial charge in [-0.3, -0.25) is 0 Å². The maximum Gasteiger partial charge on any atom is 0.319 e. The Morgan fingerprint density at radius 1 is 1.20 bits per heavy atom. The molecule has 3 atom stereocenters. The molecule has 1 heterocycles. The van der Waals surface area contributed by atoms with Crippen LogP contribution in [0, 0.1) is 11.8 Å². The van der Waals surface area contributed by atoms with Crippen molar-refractivity contribution in [1.29, 1.82) is 0 Å². The highest BCUT2D eigenvalue weighted by Gasteiger charge is 2.36. The molecule has 0 saturated heterocycles. The number of anilines is 1. The minimum Gasteiger partial charge on any atom is -0.359 e. The molecule has 4 rings (SSSR count). The first-order chi connectivity index (χ1) is 9.79. The number of nitrogens with one attached hydrogen (secondary N) is 3. The van der Waals surface area contributed by atoms with Gasteiger partial charge in [-0.25, -0.2) is 4.79 Å². The molecule has 4 heteroatoms. The summed E-state index contributed by atoms with van der Waals surface area (Å²) in [6, 6.07) is 8.06. The minimum atomic E-state index is -0.113. The van der Waals surface area contributed by atoms with Gasteiger partial charge >= 0.3 is 6.03 Å². The molecule has 2 aliphatic carbocycles. The van der Waals surface area contributed by atoms with E-state index in [4.69, 9.17) is 0 Å². The molecule has 1 aromatic carbocycles. The Bertz CT molecular complexity index is 688. The minimum absolute atomic E-state index is 0.113. The number of hydrogen-bond acceptors (Lipinski definition) is 1. The van der Waals surface area contributed by atoms with Crippen LogP contribution in [0.25, 0.3) is 10.9 Å². The SMILES string of the molecule is O=C(Nc1cccc2cc[nH]c12)NC1CC2C=CC1C2. The molecule has 3 N–H and O–H groups in total. The van der Waals surface area contributed by atoms with Crippen LogP contribution >= 0.6 is 0 Å². The summed E-state index contributed by atoms with van der Waals surface area (Å²) in [5.74, 6) is 1.18. The van der Waals surface area contributed by atoms with E-state index in [0.29, 0.717) is 11.8 Å². The van der Waals surface area contributed by atoms with Crippen molar-refractivity contribution in [3.8, 4) is 0 Å². The van der Waals surface area contributed by atoms with Gasteiger partial charge < -0.3 is 15.6 Å². The van der Waals surface area contributed by atoms with Crippen LogP contribution < -0.4 is 10.6 Å². The molecule has 1 fully saturated rings. The number of amides is 2. The quantitative estimate of drug-likeness (QED) is 0.719. The number of fused-ring (bicyclic) bond motifs is 3. The van der Waals surface area contributed by atoms with E-state index in [1.165, 1.54) is 6.42 Å². The molecule has 2 aromatic rings. The number of hydrogen-bond donors (Lipinski definition) is 3. The molecular weight excluding hydrogens is 250 g/mol. The third kappa shape index (κ3) is 1.88. The number of H-pyrrole nitrogens is 1. The standard InChI is InChI=1S/C16H17N3O/c20-16(19-14-9-10-4-5-12(14)8-10)18-13-3-1-2-11-6-7-17-15(11)13/h1-7,10,12,14,17H,8-9H2,(H2,18,19,20). The highest BCUT2D eigenvalue weighted by molar-refractivity contribution is 5.99. The molecule has 1 saturated carbocycles. The second-order valence-corrected chi connectivity index (χ2v) is 5.73. The van der Waals surface area contributed by atoms with Gasteiger partial charge in [-0.1, -0.05) is 24.3 Å². The maximum atomic E-state index is 12.2. The topological polar surface area (TPSA) is 56.9 Å². The molecule has 3 unspecified atom stereocenters. The van der Waals surface area contributed by atoms with Crippen LogP contribution in [0.5, 0.6) is 0 Å². The van der Waals surface area contributed by atoms with Gasteiger partial charge in [-0.15, -0.1) is 0 Å². The Morgan fingerprint density at radius 3 is 2.95 bits per heavy atom. The summed E-state index contributed by atoms with van der Waals surface area (Å²) in [7, 11) is 0. The number of para-hydroxylation sites is 1. The first-order valence-corrected chi connectivity index (χ1v) is 7.11. The van der Waals surface area contributed by atoms with Crippen molar-refractivity contribution in [2.45, 2.75) is 18.9 Å². The summed E-state index contributed by atoms with van der Waals surface area (Å²) in [5, 5.41) is 7.15. The predicted molar refractivity (Wildman–Crippen MR) is 79.6 cm³/mol. The van der Waals surface area contributed by atoms with E-state index >= 15 is 0 Å². The molecule has 2 amide bonds. The summed E-state index contributed by atoms with van der Waals surface area (Å²) in [6.07, 6.45) is 8.66. The molecule has 0 spiro atoms. The fourth-order valence-corrected chi connectivity index (χ4v) is 3.46. The van der Waals surface area contributed by atoms with Crippen molar-refractivity contribution >= 4 is 22.6 Å². The zero-order valence-electron chi connectivity index (χ0n) is 11.1. The largest absolute Gasteiger partial charge is 0.359 e. The fourth-order valence-electron chi connectivity index (χ4n) is 3.46. The van der Waals surface area contributed by atoms with Gasteiger partial charge in [0.15, 0.2) is 0 Å². The van der Waals surface area contributed by atoms with Gasteiger partial charge in [-0.2, -0.15) is 0 Å². The van der Waals surface area contributed by atoms with E-state index in [1.54, 1.807) is 0 Å². The lowest BCUT2D eigenvalue weighted by atomic mass is 10.0. The van der Waals surface area contributed by atoms with Crippen molar-refractivity contribution < 1.29 is 4.79 Å². The smallest absolute Gasteiger partial charge is 0.319 e. The first-order valence-electron chi connectivity index (χ1n) is 7.11. The highest BCUT2D eigenvalue weighted by Crippen LogP contribution is 2.38. The molecule has 4 nitrogen and oxygen atoms in total. The summed E-state index contributed by atoms with van der Waals surface area (Å²) in [5.41, 5.74) is 1.79. The molecular formula is C16H17N3O. The van der Waals surface area contributed by atoms with Gasteiger partial charge in [0.2, 0.25) is 0 Å². The van der Waals surface area contributed by atoms with Crippen molar-refractivity contribution in [1.82, 2.24) is 10.3 Å². The van der Waals surface area contributed by atoms with E-state index in [0.717, 1.165) is 23.0 Å². The average molecular weight is 267 g/mol. The third-order valence-corrected chi connectivity index (χ3v) is 4.43. The van der Waals surface area contributed by atoms with Crippen LogP contribution in [0.1, 0.15) is 12.8 Å². The van der Waals surface area contributed by atoms with Crippen molar-refractivity contribution in [3.05, 3.63) is 42.6 Å². The lowest BCUT2D eigenvalue weighted by Gasteiger charge is -2.20. The van der Waals surface area contributed by atoms with Crippen LogP contribution in [0.4, 0.5) is 10.5 Å². The van der Waals surface area contributed by atoms with Crippen LogP contribution in [-0.4, -0.2) is 17.1 Å². The van der Waals surface area contributed by atoms with Gasteiger partial charge in [0.25, 0.3) is 0 Å². The number of aromatic nitrogens is 1. The zero-order chi connectivity index (χ0) is 13.5. The van der Waals surface area contributed by atoms with Crippen LogP contribution in [0.15, 0.2) is 42.6 Å². The van der Waals surface area contributed by atoms with Gasteiger partial charge in [0, 0.05) is 17.6 Å². The number of benzene rings is 1. The summed E-state index contributed by atoms with van der Waals surface area (Å²) >= 11 is 0. The molecule has 0 aliphatic heterocycles. The van der Waals surface area contributed by atoms with Crippen molar-refractivity contribution in [2.75, 3.05) is 5.32 Å². The first kappa shape index (κ1) is 11.6. The lowest BCUT2D eigenvalue weighted by molar-refractivity contribution is 0.246. The van der Waals surface area contributed by atoms with Gasteiger partial charge in [0.1, 0.15) is 0 Å². The Hall–Kier alpha value is -2.23. The summed E-state index contributed by atoms with van der Waals surface area (Å²) in [6.45, 7) is 0. The number of rotatable bonds is 2. The highest BCUT2D eigenvalue weighted by atomic mass is 16.2. The number of carbonyl (C=O) groups excluding carboxylic acids is 1. The Morgan fingerprint density at radius 2 is 2.15 bits per heavy atom. The van der Waals surface area contributed by atoms with Crippen LogP contribution in [0.2, 0.25) is 0 Å². The summed E-state index contributed by atoms with van der Waals surface area (Å²) in [4.78, 5) is 15.3. The monoisotopic (exact) mass is 267 g/mol. The molecule has 20 heavy (non-hydrogen) atoms. The lowest BCUT2D eigenvalue weighted by Crippen LogP contribution is -2.40. The van der Waals surface area contributed by atoms with Crippen molar-refractivity contribution in [3.63, 3.8) is 0 Å². The van der Waals surface area contributed by atoms with E-state index in [2.05, 4.69) is 27.8 Å². The van der Waals surface area contributed by atoms with E-state index in [1.807, 2.05) is 30.5 Å². The van der Waals surface area contributed by atoms with Gasteiger partial charge in [-0.05, 0) is 36.8 Å². The molecule has 102 valence electrons. The molecule has 0 radical (unpaired) electrons. The normalized spacial score (nSPS) is 27.1. The van der Waals surface area contributed by atoms with Crippen LogP contribution in [0.3, 0.4) is 0 Å². The van der Waals surface area contributed by atoms with E-state index in [-0.39, 0.29) is 12.1 Å². The Balaban J connectivity index is 1.47. The molecule has 1 aromatic heterocycles. The second kappa shape index (κ2) is 4.40. The molecule has 2 aliphatic rings.